The molecule has 162 valence electrons. The summed E-state index contributed by atoms with van der Waals surface area (Å²) >= 11 is 0. The number of hydrogen-bond acceptors (Lipinski definition) is 4. The Morgan fingerprint density at radius 1 is 1.16 bits per heavy atom. The van der Waals surface area contributed by atoms with E-state index in [2.05, 4.69) is 20.4 Å². The van der Waals surface area contributed by atoms with Gasteiger partial charge in [-0.2, -0.15) is 5.10 Å². The third kappa shape index (κ3) is 4.03. The highest BCUT2D eigenvalue weighted by Gasteiger charge is 2.41. The van der Waals surface area contributed by atoms with Gasteiger partial charge in [0, 0.05) is 50.1 Å². The summed E-state index contributed by atoms with van der Waals surface area (Å²) in [4.78, 5) is 16.8. The summed E-state index contributed by atoms with van der Waals surface area (Å²) in [6.45, 7) is 4.88. The summed E-state index contributed by atoms with van der Waals surface area (Å²) < 4.78 is 27.2. The molecule has 3 aromatic rings. The first kappa shape index (κ1) is 21.0. The number of aromatic nitrogens is 2. The second kappa shape index (κ2) is 7.77. The standard InChI is InChI=1S/C23H25F2N5O/c1-23(2)20-19(13-30(23)12-14-9-16(24)11-17(25)10-14)21(28-27-20)26-22(31)15-5-7-18(8-6-15)29(3)4/h5-11H,12-13H2,1-4H3,(H2,26,27,28,31). The minimum atomic E-state index is -0.597. The van der Waals surface area contributed by atoms with Crippen molar-refractivity contribution in [3.8, 4) is 0 Å². The molecule has 0 aliphatic carbocycles. The summed E-state index contributed by atoms with van der Waals surface area (Å²) in [5.41, 5.74) is 3.40. The van der Waals surface area contributed by atoms with Gasteiger partial charge in [0.05, 0.1) is 11.2 Å². The number of halogens is 2. The minimum absolute atomic E-state index is 0.247. The van der Waals surface area contributed by atoms with Gasteiger partial charge in [-0.25, -0.2) is 8.78 Å². The number of fused-ring (bicyclic) bond motifs is 1. The Bertz CT molecular complexity index is 1100. The molecule has 8 heteroatoms. The molecule has 0 bridgehead atoms. The normalized spacial score (nSPS) is 15.0. The van der Waals surface area contributed by atoms with Crippen molar-refractivity contribution < 1.29 is 13.6 Å². The molecule has 2 N–H and O–H groups in total. The number of carbonyl (C=O) groups is 1. The third-order valence-electron chi connectivity index (χ3n) is 5.79. The van der Waals surface area contributed by atoms with Crippen LogP contribution in [0.1, 0.15) is 41.0 Å². The zero-order chi connectivity index (χ0) is 22.3. The fraction of sp³-hybridized carbons (Fsp3) is 0.304. The number of nitrogens with one attached hydrogen (secondary N) is 2. The second-order valence-electron chi connectivity index (χ2n) is 8.51. The number of aromatic amines is 1. The quantitative estimate of drug-likeness (QED) is 0.641. The van der Waals surface area contributed by atoms with E-state index in [9.17, 15) is 13.6 Å². The smallest absolute Gasteiger partial charge is 0.256 e. The van der Waals surface area contributed by atoms with Crippen LogP contribution in [0.2, 0.25) is 0 Å². The molecule has 0 atom stereocenters. The van der Waals surface area contributed by atoms with Crippen molar-refractivity contribution in [2.45, 2.75) is 32.5 Å². The molecular formula is C23H25F2N5O. The maximum Gasteiger partial charge on any atom is 0.256 e. The van der Waals surface area contributed by atoms with Crippen LogP contribution in [0.4, 0.5) is 20.3 Å². The van der Waals surface area contributed by atoms with Gasteiger partial charge < -0.3 is 10.2 Å². The number of carbonyl (C=O) groups excluding carboxylic acids is 1. The topological polar surface area (TPSA) is 64.3 Å². The van der Waals surface area contributed by atoms with Crippen LogP contribution in [0.15, 0.2) is 42.5 Å². The monoisotopic (exact) mass is 425 g/mol. The molecule has 1 aliphatic heterocycles. The Hall–Kier alpha value is -3.26. The van der Waals surface area contributed by atoms with Crippen LogP contribution in [-0.2, 0) is 18.6 Å². The van der Waals surface area contributed by atoms with E-state index in [0.717, 1.165) is 23.0 Å². The molecule has 0 radical (unpaired) electrons. The van der Waals surface area contributed by atoms with E-state index in [1.54, 1.807) is 12.1 Å². The first-order valence-electron chi connectivity index (χ1n) is 10.0. The van der Waals surface area contributed by atoms with Gasteiger partial charge in [0.2, 0.25) is 0 Å². The Balaban J connectivity index is 1.53. The lowest BCUT2D eigenvalue weighted by atomic mass is 10.00. The van der Waals surface area contributed by atoms with E-state index in [-0.39, 0.29) is 5.91 Å². The zero-order valence-corrected chi connectivity index (χ0v) is 18.0. The highest BCUT2D eigenvalue weighted by Crippen LogP contribution is 2.41. The Morgan fingerprint density at radius 3 is 2.42 bits per heavy atom. The predicted molar refractivity (Wildman–Crippen MR) is 116 cm³/mol. The molecule has 0 unspecified atom stereocenters. The predicted octanol–water partition coefficient (Wildman–Crippen LogP) is 4.26. The number of amides is 1. The van der Waals surface area contributed by atoms with E-state index < -0.39 is 17.2 Å². The maximum absolute atomic E-state index is 13.6. The Labute approximate surface area is 179 Å². The van der Waals surface area contributed by atoms with Crippen molar-refractivity contribution in [2.75, 3.05) is 24.3 Å². The molecule has 0 saturated heterocycles. The molecule has 0 saturated carbocycles. The number of rotatable bonds is 5. The van der Waals surface area contributed by atoms with Gasteiger partial charge in [0.1, 0.15) is 11.6 Å². The van der Waals surface area contributed by atoms with Crippen molar-refractivity contribution in [2.24, 2.45) is 0 Å². The highest BCUT2D eigenvalue weighted by atomic mass is 19.1. The van der Waals surface area contributed by atoms with E-state index in [4.69, 9.17) is 0 Å². The van der Waals surface area contributed by atoms with Gasteiger partial charge in [-0.05, 0) is 55.8 Å². The van der Waals surface area contributed by atoms with Gasteiger partial charge in [-0.15, -0.1) is 0 Å². The molecule has 2 heterocycles. The molecule has 1 aromatic heterocycles. The number of nitrogens with zero attached hydrogens (tertiary/aromatic N) is 3. The van der Waals surface area contributed by atoms with Crippen LogP contribution in [0.25, 0.3) is 0 Å². The van der Waals surface area contributed by atoms with Gasteiger partial charge in [-0.3, -0.25) is 14.8 Å². The molecule has 1 aliphatic rings. The zero-order valence-electron chi connectivity index (χ0n) is 18.0. The molecular weight excluding hydrogens is 400 g/mol. The van der Waals surface area contributed by atoms with Crippen LogP contribution in [0.5, 0.6) is 0 Å². The number of H-pyrrole nitrogens is 1. The van der Waals surface area contributed by atoms with E-state index >= 15 is 0 Å². The van der Waals surface area contributed by atoms with Gasteiger partial charge in [0.15, 0.2) is 5.82 Å². The number of anilines is 2. The van der Waals surface area contributed by atoms with Crippen LogP contribution in [0.3, 0.4) is 0 Å². The van der Waals surface area contributed by atoms with Crippen molar-refractivity contribution in [1.82, 2.24) is 15.1 Å². The first-order chi connectivity index (χ1) is 14.6. The van der Waals surface area contributed by atoms with Gasteiger partial charge >= 0.3 is 0 Å². The minimum Gasteiger partial charge on any atom is -0.378 e. The van der Waals surface area contributed by atoms with Crippen LogP contribution < -0.4 is 10.2 Å². The molecule has 0 spiro atoms. The van der Waals surface area contributed by atoms with Crippen LogP contribution in [0, 0.1) is 11.6 Å². The average molecular weight is 425 g/mol. The SMILES string of the molecule is CN(C)c1ccc(C(=O)Nc2n[nH]c3c2CN(Cc2cc(F)cc(F)c2)C3(C)C)cc1. The lowest BCUT2D eigenvalue weighted by Gasteiger charge is -2.31. The van der Waals surface area contributed by atoms with Crippen LogP contribution in [-0.4, -0.2) is 35.1 Å². The second-order valence-corrected chi connectivity index (χ2v) is 8.51. The number of hydrogen-bond donors (Lipinski definition) is 2. The van der Waals surface area contributed by atoms with Gasteiger partial charge in [-0.1, -0.05) is 0 Å². The van der Waals surface area contributed by atoms with E-state index in [0.29, 0.717) is 30.0 Å². The third-order valence-corrected chi connectivity index (χ3v) is 5.79. The van der Waals surface area contributed by atoms with E-state index in [1.165, 1.54) is 12.1 Å². The number of benzene rings is 2. The molecule has 1 amide bonds. The van der Waals surface area contributed by atoms with E-state index in [1.807, 2.05) is 45.0 Å². The summed E-state index contributed by atoms with van der Waals surface area (Å²) in [5.74, 6) is -0.971. The fourth-order valence-electron chi connectivity index (χ4n) is 3.94. The summed E-state index contributed by atoms with van der Waals surface area (Å²) in [5, 5.41) is 10.2. The molecule has 31 heavy (non-hydrogen) atoms. The first-order valence-corrected chi connectivity index (χ1v) is 10.0. The average Bonchev–Trinajstić information content (AvgIpc) is 3.20. The summed E-state index contributed by atoms with van der Waals surface area (Å²) in [6, 6.07) is 10.8. The molecule has 6 nitrogen and oxygen atoms in total. The largest absolute Gasteiger partial charge is 0.378 e. The highest BCUT2D eigenvalue weighted by molar-refractivity contribution is 6.04. The lowest BCUT2D eigenvalue weighted by Crippen LogP contribution is -2.35. The Kier molecular flexibility index (Phi) is 5.26. The molecule has 0 fully saturated rings. The van der Waals surface area contributed by atoms with Crippen molar-refractivity contribution in [3.63, 3.8) is 0 Å². The van der Waals surface area contributed by atoms with Crippen molar-refractivity contribution in [1.29, 1.82) is 0 Å². The summed E-state index contributed by atoms with van der Waals surface area (Å²) in [7, 11) is 3.88. The lowest BCUT2D eigenvalue weighted by molar-refractivity contribution is 0.102. The van der Waals surface area contributed by atoms with Crippen molar-refractivity contribution >= 4 is 17.4 Å². The van der Waals surface area contributed by atoms with Crippen molar-refractivity contribution in [3.05, 3.63) is 76.5 Å². The molecule has 2 aromatic carbocycles. The van der Waals surface area contributed by atoms with Gasteiger partial charge in [0.25, 0.3) is 5.91 Å². The Morgan fingerprint density at radius 2 is 1.81 bits per heavy atom. The van der Waals surface area contributed by atoms with Crippen LogP contribution >= 0.6 is 0 Å². The summed E-state index contributed by atoms with van der Waals surface area (Å²) in [6.07, 6.45) is 0. The fourth-order valence-corrected chi connectivity index (χ4v) is 3.94. The maximum atomic E-state index is 13.6. The molecule has 4 rings (SSSR count).